The second-order valence-electron chi connectivity index (χ2n) is 6.77. The summed E-state index contributed by atoms with van der Waals surface area (Å²) in [6.07, 6.45) is 8.36. The van der Waals surface area contributed by atoms with Gasteiger partial charge in [0.2, 0.25) is 5.89 Å². The summed E-state index contributed by atoms with van der Waals surface area (Å²) in [5.74, 6) is 2.39. The number of ether oxygens (including phenoxy) is 1. The van der Waals surface area contributed by atoms with E-state index in [0.29, 0.717) is 13.2 Å². The molecule has 2 heterocycles. The molecule has 0 spiro atoms. The van der Waals surface area contributed by atoms with Crippen molar-refractivity contribution in [3.8, 4) is 5.75 Å². The van der Waals surface area contributed by atoms with Crippen LogP contribution in [0.25, 0.3) is 0 Å². The highest BCUT2D eigenvalue weighted by Crippen LogP contribution is 2.21. The molecule has 28 heavy (non-hydrogen) atoms. The first-order valence-electron chi connectivity index (χ1n) is 9.98. The third kappa shape index (κ3) is 5.92. The number of hydrogen-bond acceptors (Lipinski definition) is 6. The van der Waals surface area contributed by atoms with Gasteiger partial charge in [-0.3, -0.25) is 4.90 Å². The zero-order chi connectivity index (χ0) is 19.6. The molecule has 0 aliphatic heterocycles. The van der Waals surface area contributed by atoms with Crippen molar-refractivity contribution < 1.29 is 9.26 Å². The fourth-order valence-electron chi connectivity index (χ4n) is 3.01. The quantitative estimate of drug-likeness (QED) is 0.444. The number of para-hydroxylation sites is 1. The summed E-state index contributed by atoms with van der Waals surface area (Å²) in [6, 6.07) is 8.22. The van der Waals surface area contributed by atoms with Crippen LogP contribution in [0.4, 0.5) is 0 Å². The van der Waals surface area contributed by atoms with Crippen molar-refractivity contribution in [2.45, 2.75) is 52.7 Å². The molecular weight excluding hydrogens is 354 g/mol. The topological polar surface area (TPSA) is 69.2 Å². The minimum atomic E-state index is 0.665. The zero-order valence-corrected chi connectivity index (χ0v) is 16.8. The van der Waals surface area contributed by atoms with Gasteiger partial charge in [0.15, 0.2) is 5.82 Å². The van der Waals surface area contributed by atoms with Crippen LogP contribution < -0.4 is 4.74 Å². The van der Waals surface area contributed by atoms with Crippen molar-refractivity contribution in [3.05, 3.63) is 60.3 Å². The van der Waals surface area contributed by atoms with Gasteiger partial charge in [-0.2, -0.15) is 4.98 Å². The van der Waals surface area contributed by atoms with Crippen LogP contribution in [0.2, 0.25) is 0 Å². The molecule has 0 aliphatic carbocycles. The Morgan fingerprint density at radius 2 is 2.07 bits per heavy atom. The lowest BCUT2D eigenvalue weighted by Gasteiger charge is -2.20. The van der Waals surface area contributed by atoms with E-state index in [1.807, 2.05) is 24.7 Å². The number of benzene rings is 1. The molecule has 1 aromatic carbocycles. The highest BCUT2D eigenvalue weighted by Gasteiger charge is 2.13. The number of nitrogens with zero attached hydrogens (tertiary/aromatic N) is 5. The normalized spacial score (nSPS) is 11.2. The average Bonchev–Trinajstić information content (AvgIpc) is 3.38. The first kappa shape index (κ1) is 20.1. The van der Waals surface area contributed by atoms with E-state index in [2.05, 4.69) is 50.6 Å². The maximum absolute atomic E-state index is 6.06. The molecule has 0 amide bonds. The fourth-order valence-corrected chi connectivity index (χ4v) is 3.01. The van der Waals surface area contributed by atoms with Crippen LogP contribution in [-0.4, -0.2) is 37.7 Å². The predicted octanol–water partition coefficient (Wildman–Crippen LogP) is 3.71. The summed E-state index contributed by atoms with van der Waals surface area (Å²) in [5.41, 5.74) is 1.17. The van der Waals surface area contributed by atoms with Gasteiger partial charge in [0, 0.05) is 37.5 Å². The van der Waals surface area contributed by atoms with E-state index in [1.165, 1.54) is 5.56 Å². The molecule has 0 saturated heterocycles. The van der Waals surface area contributed by atoms with Gasteiger partial charge < -0.3 is 13.8 Å². The van der Waals surface area contributed by atoms with Crippen molar-refractivity contribution in [2.75, 3.05) is 13.2 Å². The lowest BCUT2D eigenvalue weighted by molar-refractivity contribution is 0.247. The molecule has 0 aliphatic rings. The molecule has 2 aromatic heterocycles. The average molecular weight is 383 g/mol. The Kier molecular flexibility index (Phi) is 7.61. The van der Waals surface area contributed by atoms with Crippen LogP contribution >= 0.6 is 0 Å². The molecule has 3 aromatic rings. The van der Waals surface area contributed by atoms with Crippen LogP contribution in [-0.2, 0) is 26.1 Å². The van der Waals surface area contributed by atoms with Crippen LogP contribution in [0.5, 0.6) is 5.75 Å². The van der Waals surface area contributed by atoms with Gasteiger partial charge in [-0.05, 0) is 25.5 Å². The molecule has 0 atom stereocenters. The van der Waals surface area contributed by atoms with Crippen molar-refractivity contribution in [2.24, 2.45) is 0 Å². The van der Waals surface area contributed by atoms with Crippen LogP contribution in [0.15, 0.2) is 47.5 Å². The summed E-state index contributed by atoms with van der Waals surface area (Å²) in [6.45, 7) is 8.17. The van der Waals surface area contributed by atoms with Crippen LogP contribution in [0.3, 0.4) is 0 Å². The van der Waals surface area contributed by atoms with E-state index in [-0.39, 0.29) is 0 Å². The van der Waals surface area contributed by atoms with Gasteiger partial charge in [-0.25, -0.2) is 4.98 Å². The maximum atomic E-state index is 6.06. The van der Waals surface area contributed by atoms with Gasteiger partial charge in [-0.1, -0.05) is 37.2 Å². The number of imidazole rings is 1. The first-order valence-corrected chi connectivity index (χ1v) is 9.98. The minimum Gasteiger partial charge on any atom is -0.493 e. The van der Waals surface area contributed by atoms with E-state index in [1.54, 1.807) is 6.20 Å². The van der Waals surface area contributed by atoms with E-state index < -0.39 is 0 Å². The highest BCUT2D eigenvalue weighted by atomic mass is 16.5. The van der Waals surface area contributed by atoms with Crippen molar-refractivity contribution in [3.63, 3.8) is 0 Å². The molecule has 0 fully saturated rings. The van der Waals surface area contributed by atoms with Crippen molar-refractivity contribution in [1.29, 1.82) is 0 Å². The van der Waals surface area contributed by atoms with E-state index in [4.69, 9.17) is 9.26 Å². The highest BCUT2D eigenvalue weighted by molar-refractivity contribution is 5.33. The van der Waals surface area contributed by atoms with Crippen molar-refractivity contribution >= 4 is 0 Å². The number of rotatable bonds is 12. The molecule has 3 rings (SSSR count). The predicted molar refractivity (Wildman–Crippen MR) is 107 cm³/mol. The smallest absolute Gasteiger partial charge is 0.226 e. The Balaban J connectivity index is 1.54. The second-order valence-corrected chi connectivity index (χ2v) is 6.77. The molecule has 7 nitrogen and oxygen atoms in total. The van der Waals surface area contributed by atoms with Gasteiger partial charge in [-0.15, -0.1) is 0 Å². The summed E-state index contributed by atoms with van der Waals surface area (Å²) in [7, 11) is 0. The number of aryl methyl sites for hydroxylation is 2. The first-order chi connectivity index (χ1) is 13.8. The van der Waals surface area contributed by atoms with Gasteiger partial charge in [0.25, 0.3) is 0 Å². The summed E-state index contributed by atoms with van der Waals surface area (Å²) < 4.78 is 13.4. The summed E-state index contributed by atoms with van der Waals surface area (Å²) in [4.78, 5) is 10.8. The molecule has 0 bridgehead atoms. The molecular formula is C21H29N5O2. The SMILES string of the molecule is CCCc1nc(CN(CC)Cc2ccccc2OCCCn2ccnc2)no1. The van der Waals surface area contributed by atoms with Gasteiger partial charge >= 0.3 is 0 Å². The van der Waals surface area contributed by atoms with E-state index in [0.717, 1.165) is 56.4 Å². The third-order valence-corrected chi connectivity index (χ3v) is 4.53. The van der Waals surface area contributed by atoms with Crippen molar-refractivity contribution in [1.82, 2.24) is 24.6 Å². The Morgan fingerprint density at radius 1 is 1.18 bits per heavy atom. The second kappa shape index (κ2) is 10.6. The molecule has 0 radical (unpaired) electrons. The molecule has 7 heteroatoms. The Labute approximate surface area is 166 Å². The number of aromatic nitrogens is 4. The zero-order valence-electron chi connectivity index (χ0n) is 16.8. The summed E-state index contributed by atoms with van der Waals surface area (Å²) >= 11 is 0. The Hall–Kier alpha value is -2.67. The largest absolute Gasteiger partial charge is 0.493 e. The van der Waals surface area contributed by atoms with Crippen LogP contribution in [0.1, 0.15) is 44.0 Å². The molecule has 150 valence electrons. The monoisotopic (exact) mass is 383 g/mol. The summed E-state index contributed by atoms with van der Waals surface area (Å²) in [5, 5.41) is 4.11. The van der Waals surface area contributed by atoms with Gasteiger partial charge in [0.1, 0.15) is 5.75 Å². The Morgan fingerprint density at radius 3 is 2.86 bits per heavy atom. The standard InChI is InChI=1S/C21H29N5O2/c1-3-8-21-23-20(24-28-21)16-25(4-2)15-18-9-5-6-10-19(18)27-14-7-12-26-13-11-22-17-26/h5-6,9-11,13,17H,3-4,7-8,12,14-16H2,1-2H3. The molecule has 0 unspecified atom stereocenters. The van der Waals surface area contributed by atoms with E-state index in [9.17, 15) is 0 Å². The molecule has 0 N–H and O–H groups in total. The maximum Gasteiger partial charge on any atom is 0.226 e. The van der Waals surface area contributed by atoms with Crippen LogP contribution in [0, 0.1) is 0 Å². The van der Waals surface area contributed by atoms with E-state index >= 15 is 0 Å². The fraction of sp³-hybridized carbons (Fsp3) is 0.476. The third-order valence-electron chi connectivity index (χ3n) is 4.53. The van der Waals surface area contributed by atoms with Gasteiger partial charge in [0.05, 0.1) is 19.5 Å². The lowest BCUT2D eigenvalue weighted by atomic mass is 10.2. The Bertz CT molecular complexity index is 816. The molecule has 0 saturated carbocycles. The lowest BCUT2D eigenvalue weighted by Crippen LogP contribution is -2.23. The minimum absolute atomic E-state index is 0.665. The number of hydrogen-bond donors (Lipinski definition) is 0.